The van der Waals surface area contributed by atoms with E-state index >= 15 is 0 Å². The second kappa shape index (κ2) is 7.91. The minimum atomic E-state index is -3.64. The summed E-state index contributed by atoms with van der Waals surface area (Å²) in [7, 11) is -3.64. The molecule has 3 aromatic carbocycles. The molecule has 0 spiro atoms. The summed E-state index contributed by atoms with van der Waals surface area (Å²) in [4.78, 5) is 12.9. The third-order valence-electron chi connectivity index (χ3n) is 5.24. The molecule has 4 rings (SSSR count). The molecule has 1 N–H and O–H groups in total. The molecule has 0 saturated heterocycles. The first-order valence-corrected chi connectivity index (χ1v) is 11.1. The van der Waals surface area contributed by atoms with Crippen molar-refractivity contribution in [2.75, 3.05) is 10.8 Å². The van der Waals surface area contributed by atoms with E-state index in [9.17, 15) is 17.6 Å². The number of rotatable bonds is 5. The van der Waals surface area contributed by atoms with E-state index < -0.39 is 10.0 Å². The first-order chi connectivity index (χ1) is 14.4. The van der Waals surface area contributed by atoms with Crippen molar-refractivity contribution in [1.82, 2.24) is 5.32 Å². The average molecular weight is 424 g/mol. The first kappa shape index (κ1) is 20.1. The molecule has 0 aliphatic carbocycles. The van der Waals surface area contributed by atoms with Crippen LogP contribution in [0.1, 0.15) is 34.5 Å². The highest BCUT2D eigenvalue weighted by molar-refractivity contribution is 7.92. The van der Waals surface area contributed by atoms with E-state index in [0.717, 1.165) is 11.1 Å². The quantitative estimate of drug-likeness (QED) is 0.672. The second-order valence-corrected chi connectivity index (χ2v) is 9.09. The summed E-state index contributed by atoms with van der Waals surface area (Å²) in [6, 6.07) is 19.1. The van der Waals surface area contributed by atoms with Crippen LogP contribution in [0.25, 0.3) is 0 Å². The molecule has 1 atom stereocenters. The van der Waals surface area contributed by atoms with Gasteiger partial charge in [0.1, 0.15) is 5.82 Å². The molecule has 0 aromatic heterocycles. The molecule has 5 nitrogen and oxygen atoms in total. The topological polar surface area (TPSA) is 66.5 Å². The zero-order valence-electron chi connectivity index (χ0n) is 16.4. The first-order valence-electron chi connectivity index (χ1n) is 9.63. The Hall–Kier alpha value is -3.19. The molecule has 3 aromatic rings. The van der Waals surface area contributed by atoms with Crippen molar-refractivity contribution in [2.24, 2.45) is 0 Å². The number of carbonyl (C=O) groups is 1. The van der Waals surface area contributed by atoms with Gasteiger partial charge in [0.05, 0.1) is 16.6 Å². The molecule has 1 heterocycles. The lowest BCUT2D eigenvalue weighted by Crippen LogP contribution is -2.29. The van der Waals surface area contributed by atoms with E-state index in [4.69, 9.17) is 0 Å². The zero-order chi connectivity index (χ0) is 21.3. The van der Waals surface area contributed by atoms with Gasteiger partial charge in [-0.3, -0.25) is 9.10 Å². The highest BCUT2D eigenvalue weighted by atomic mass is 32.2. The Morgan fingerprint density at radius 1 is 1.03 bits per heavy atom. The smallest absolute Gasteiger partial charge is 0.264 e. The lowest BCUT2D eigenvalue weighted by Gasteiger charge is -2.20. The molecule has 0 saturated carbocycles. The number of hydrogen-bond acceptors (Lipinski definition) is 3. The minimum absolute atomic E-state index is 0.243. The highest BCUT2D eigenvalue weighted by Crippen LogP contribution is 2.33. The third kappa shape index (κ3) is 3.80. The van der Waals surface area contributed by atoms with Crippen LogP contribution in [-0.4, -0.2) is 20.9 Å². The molecule has 1 aliphatic rings. The average Bonchev–Trinajstić information content (AvgIpc) is 3.19. The SMILES string of the molecule is C[C@H](NC(=O)c1ccc2c(c1)CCN2S(=O)(=O)c1ccccc1)c1ccc(F)cc1. The van der Waals surface area contributed by atoms with Crippen molar-refractivity contribution < 1.29 is 17.6 Å². The Morgan fingerprint density at radius 2 is 1.73 bits per heavy atom. The molecule has 0 bridgehead atoms. The van der Waals surface area contributed by atoms with Crippen LogP contribution in [-0.2, 0) is 16.4 Å². The largest absolute Gasteiger partial charge is 0.346 e. The maximum absolute atomic E-state index is 13.1. The van der Waals surface area contributed by atoms with E-state index in [2.05, 4.69) is 5.32 Å². The second-order valence-electron chi connectivity index (χ2n) is 7.23. The van der Waals surface area contributed by atoms with Crippen LogP contribution in [0.5, 0.6) is 0 Å². The molecule has 1 amide bonds. The molecular weight excluding hydrogens is 403 g/mol. The van der Waals surface area contributed by atoms with Crippen molar-refractivity contribution in [2.45, 2.75) is 24.3 Å². The van der Waals surface area contributed by atoms with Crippen molar-refractivity contribution in [1.29, 1.82) is 0 Å². The monoisotopic (exact) mass is 424 g/mol. The number of nitrogens with zero attached hydrogens (tertiary/aromatic N) is 1. The van der Waals surface area contributed by atoms with Crippen LogP contribution >= 0.6 is 0 Å². The number of nitrogens with one attached hydrogen (secondary N) is 1. The molecule has 0 fully saturated rings. The highest BCUT2D eigenvalue weighted by Gasteiger charge is 2.31. The van der Waals surface area contributed by atoms with E-state index in [1.54, 1.807) is 60.7 Å². The van der Waals surface area contributed by atoms with Crippen LogP contribution < -0.4 is 9.62 Å². The number of amides is 1. The Morgan fingerprint density at radius 3 is 2.43 bits per heavy atom. The van der Waals surface area contributed by atoms with Crippen molar-refractivity contribution in [3.63, 3.8) is 0 Å². The van der Waals surface area contributed by atoms with Gasteiger partial charge in [0.25, 0.3) is 15.9 Å². The van der Waals surface area contributed by atoms with Crippen LogP contribution in [0, 0.1) is 5.82 Å². The van der Waals surface area contributed by atoms with Gasteiger partial charge in [0.2, 0.25) is 0 Å². The van der Waals surface area contributed by atoms with Gasteiger partial charge in [-0.15, -0.1) is 0 Å². The van der Waals surface area contributed by atoms with Crippen LogP contribution in [0.4, 0.5) is 10.1 Å². The van der Waals surface area contributed by atoms with E-state index in [1.165, 1.54) is 16.4 Å². The fourth-order valence-electron chi connectivity index (χ4n) is 3.60. The molecule has 154 valence electrons. The predicted molar refractivity (Wildman–Crippen MR) is 113 cm³/mol. The summed E-state index contributed by atoms with van der Waals surface area (Å²) in [5.74, 6) is -0.593. The van der Waals surface area contributed by atoms with E-state index in [-0.39, 0.29) is 22.7 Å². The Bertz CT molecular complexity index is 1180. The normalized spacial score (nSPS) is 14.3. The number of halogens is 1. The number of fused-ring (bicyclic) bond motifs is 1. The van der Waals surface area contributed by atoms with Crippen LogP contribution in [0.2, 0.25) is 0 Å². The van der Waals surface area contributed by atoms with Gasteiger partial charge in [0.15, 0.2) is 0 Å². The standard InChI is InChI=1S/C23H21FN2O3S/c1-16(17-7-10-20(24)11-8-17)25-23(27)19-9-12-22-18(15-19)13-14-26(22)30(28,29)21-5-3-2-4-6-21/h2-12,15-16H,13-14H2,1H3,(H,25,27)/t16-/m0/s1. The van der Waals surface area contributed by atoms with Crippen LogP contribution in [0.3, 0.4) is 0 Å². The van der Waals surface area contributed by atoms with Gasteiger partial charge in [-0.1, -0.05) is 30.3 Å². The van der Waals surface area contributed by atoms with Crippen molar-refractivity contribution in [3.05, 3.63) is 95.3 Å². The summed E-state index contributed by atoms with van der Waals surface area (Å²) in [5, 5.41) is 2.90. The maximum Gasteiger partial charge on any atom is 0.264 e. The van der Waals surface area contributed by atoms with Gasteiger partial charge in [0, 0.05) is 12.1 Å². The Kier molecular flexibility index (Phi) is 5.30. The predicted octanol–water partition coefficient (Wildman–Crippen LogP) is 4.07. The molecule has 7 heteroatoms. The number of sulfonamides is 1. The molecule has 30 heavy (non-hydrogen) atoms. The van der Waals surface area contributed by atoms with Gasteiger partial charge < -0.3 is 5.32 Å². The van der Waals surface area contributed by atoms with E-state index in [1.807, 2.05) is 6.92 Å². The van der Waals surface area contributed by atoms with E-state index in [0.29, 0.717) is 24.2 Å². The van der Waals surface area contributed by atoms with Gasteiger partial charge in [-0.25, -0.2) is 12.8 Å². The minimum Gasteiger partial charge on any atom is -0.346 e. The summed E-state index contributed by atoms with van der Waals surface area (Å²) < 4.78 is 40.4. The Labute approximate surface area is 175 Å². The van der Waals surface area contributed by atoms with Gasteiger partial charge >= 0.3 is 0 Å². The zero-order valence-corrected chi connectivity index (χ0v) is 17.2. The fourth-order valence-corrected chi connectivity index (χ4v) is 5.12. The Balaban J connectivity index is 1.53. The van der Waals surface area contributed by atoms with Gasteiger partial charge in [-0.05, 0) is 66.9 Å². The molecule has 1 aliphatic heterocycles. The lowest BCUT2D eigenvalue weighted by atomic mass is 10.1. The lowest BCUT2D eigenvalue weighted by molar-refractivity contribution is 0.0940. The summed E-state index contributed by atoms with van der Waals surface area (Å²) in [6.07, 6.45) is 0.538. The number of hydrogen-bond donors (Lipinski definition) is 1. The maximum atomic E-state index is 13.1. The fraction of sp³-hybridized carbons (Fsp3) is 0.174. The molecule has 0 radical (unpaired) electrons. The number of anilines is 1. The summed E-state index contributed by atoms with van der Waals surface area (Å²) in [6.45, 7) is 2.16. The van der Waals surface area contributed by atoms with Crippen molar-refractivity contribution in [3.8, 4) is 0 Å². The third-order valence-corrected chi connectivity index (χ3v) is 7.07. The van der Waals surface area contributed by atoms with Crippen molar-refractivity contribution >= 4 is 21.6 Å². The van der Waals surface area contributed by atoms with Crippen LogP contribution in [0.15, 0.2) is 77.7 Å². The molecule has 0 unspecified atom stereocenters. The molecular formula is C23H21FN2O3S. The summed E-state index contributed by atoms with van der Waals surface area (Å²) >= 11 is 0. The number of benzene rings is 3. The van der Waals surface area contributed by atoms with Gasteiger partial charge in [-0.2, -0.15) is 0 Å². The number of carbonyl (C=O) groups excluding carboxylic acids is 1. The summed E-state index contributed by atoms with van der Waals surface area (Å²) in [5.41, 5.74) is 2.67.